The van der Waals surface area contributed by atoms with Gasteiger partial charge in [0.2, 0.25) is 0 Å². The molecule has 0 saturated carbocycles. The monoisotopic (exact) mass is 397 g/mol. The molecule has 0 unspecified atom stereocenters. The molecule has 166 valence electrons. The summed E-state index contributed by atoms with van der Waals surface area (Å²) in [4.78, 5) is 0. The minimum absolute atomic E-state index is 0.230. The molecule has 0 aromatic rings. The summed E-state index contributed by atoms with van der Waals surface area (Å²) >= 11 is 0. The molecule has 0 aliphatic rings. The minimum Gasteiger partial charge on any atom is -0.312 e. The van der Waals surface area contributed by atoms with Crippen LogP contribution >= 0.6 is 0 Å². The van der Waals surface area contributed by atoms with Crippen molar-refractivity contribution in [1.82, 2.24) is 16.0 Å². The average molecular weight is 398 g/mol. The predicted molar refractivity (Wildman–Crippen MR) is 114 cm³/mol. The zero-order chi connectivity index (χ0) is 22.4. The molecule has 0 amide bonds. The van der Waals surface area contributed by atoms with E-state index in [-0.39, 0.29) is 5.54 Å². The van der Waals surface area contributed by atoms with Crippen molar-refractivity contribution < 1.29 is 13.2 Å². The first-order valence-corrected chi connectivity index (χ1v) is 9.75. The highest BCUT2D eigenvalue weighted by atomic mass is 19.4. The van der Waals surface area contributed by atoms with Crippen LogP contribution < -0.4 is 16.0 Å². The van der Waals surface area contributed by atoms with E-state index in [9.17, 15) is 13.2 Å². The Bertz CT molecular complexity index is 332. The first-order valence-electron chi connectivity index (χ1n) is 9.75. The molecule has 0 aromatic carbocycles. The zero-order valence-electron chi connectivity index (χ0n) is 19.5. The number of hydrogen-bond donors (Lipinski definition) is 3. The van der Waals surface area contributed by atoms with Crippen molar-refractivity contribution in [3.05, 3.63) is 12.7 Å². The van der Waals surface area contributed by atoms with Gasteiger partial charge >= 0.3 is 6.18 Å². The van der Waals surface area contributed by atoms with Crippen LogP contribution in [-0.2, 0) is 0 Å². The van der Waals surface area contributed by atoms with E-state index in [1.54, 1.807) is 20.8 Å². The van der Waals surface area contributed by atoms with Crippen LogP contribution in [0.4, 0.5) is 13.2 Å². The maximum atomic E-state index is 11.5. The maximum Gasteiger partial charge on any atom is 0.401 e. The lowest BCUT2D eigenvalue weighted by atomic mass is 10.1. The smallest absolute Gasteiger partial charge is 0.312 e. The SMILES string of the molecule is C=CCNC(C)(C)C.CC(C)(C)NCC(F)(F)F.CCCCNC(C)(C)C. The summed E-state index contributed by atoms with van der Waals surface area (Å²) in [5, 5.41) is 9.01. The Balaban J connectivity index is -0.000000322. The largest absolute Gasteiger partial charge is 0.401 e. The molecule has 0 spiro atoms. The third kappa shape index (κ3) is 45.9. The zero-order valence-corrected chi connectivity index (χ0v) is 19.5. The summed E-state index contributed by atoms with van der Waals surface area (Å²) in [6, 6.07) is 0. The van der Waals surface area contributed by atoms with Crippen molar-refractivity contribution in [2.24, 2.45) is 0 Å². The Morgan fingerprint density at radius 2 is 1.15 bits per heavy atom. The van der Waals surface area contributed by atoms with Gasteiger partial charge in [0.05, 0.1) is 6.54 Å². The van der Waals surface area contributed by atoms with Gasteiger partial charge in [0.1, 0.15) is 0 Å². The Morgan fingerprint density at radius 3 is 1.33 bits per heavy atom. The van der Waals surface area contributed by atoms with Crippen molar-refractivity contribution in [2.45, 2.75) is 105 Å². The van der Waals surface area contributed by atoms with Crippen molar-refractivity contribution in [2.75, 3.05) is 19.6 Å². The quantitative estimate of drug-likeness (QED) is 0.399. The molecule has 0 saturated heterocycles. The van der Waals surface area contributed by atoms with Gasteiger partial charge in [-0.3, -0.25) is 0 Å². The number of nitrogens with one attached hydrogen (secondary N) is 3. The van der Waals surface area contributed by atoms with Crippen LogP contribution in [-0.4, -0.2) is 42.4 Å². The minimum atomic E-state index is -4.10. The fourth-order valence-electron chi connectivity index (χ4n) is 1.38. The van der Waals surface area contributed by atoms with Crippen molar-refractivity contribution in [3.63, 3.8) is 0 Å². The molecule has 27 heavy (non-hydrogen) atoms. The van der Waals surface area contributed by atoms with Crippen molar-refractivity contribution >= 4 is 0 Å². The molecule has 0 aliphatic carbocycles. The average Bonchev–Trinajstić information content (AvgIpc) is 2.41. The Labute approximate surface area is 167 Å². The predicted octanol–water partition coefficient (Wildman–Crippen LogP) is 5.67. The van der Waals surface area contributed by atoms with E-state index in [4.69, 9.17) is 0 Å². The normalized spacial score (nSPS) is 12.5. The highest BCUT2D eigenvalue weighted by molar-refractivity contribution is 4.77. The molecule has 0 atom stereocenters. The van der Waals surface area contributed by atoms with Gasteiger partial charge in [-0.1, -0.05) is 19.4 Å². The van der Waals surface area contributed by atoms with Gasteiger partial charge in [-0.25, -0.2) is 0 Å². The molecular weight excluding hydrogens is 351 g/mol. The molecule has 0 aliphatic heterocycles. The first kappa shape index (κ1) is 31.1. The maximum absolute atomic E-state index is 11.5. The van der Waals surface area contributed by atoms with Gasteiger partial charge in [0.15, 0.2) is 0 Å². The molecule has 0 bridgehead atoms. The van der Waals surface area contributed by atoms with Gasteiger partial charge in [-0.05, 0) is 75.3 Å². The fourth-order valence-corrected chi connectivity index (χ4v) is 1.38. The number of alkyl halides is 3. The van der Waals surface area contributed by atoms with Crippen LogP contribution in [0.3, 0.4) is 0 Å². The molecule has 0 heterocycles. The second-order valence-corrected chi connectivity index (χ2v) is 9.67. The van der Waals surface area contributed by atoms with Crippen LogP contribution in [0, 0.1) is 0 Å². The lowest BCUT2D eigenvalue weighted by Gasteiger charge is -2.21. The van der Waals surface area contributed by atoms with E-state index in [0.717, 1.165) is 13.1 Å². The van der Waals surface area contributed by atoms with E-state index >= 15 is 0 Å². The lowest BCUT2D eigenvalue weighted by molar-refractivity contribution is -0.127. The molecule has 3 nitrogen and oxygen atoms in total. The van der Waals surface area contributed by atoms with Gasteiger partial charge in [-0.2, -0.15) is 13.2 Å². The Kier molecular flexibility index (Phi) is 16.6. The highest BCUT2D eigenvalue weighted by Crippen LogP contribution is 2.14. The van der Waals surface area contributed by atoms with Crippen LogP contribution in [0.15, 0.2) is 12.7 Å². The van der Waals surface area contributed by atoms with Crippen LogP contribution in [0.1, 0.15) is 82.1 Å². The highest BCUT2D eigenvalue weighted by Gasteiger charge is 2.28. The van der Waals surface area contributed by atoms with E-state index in [2.05, 4.69) is 71.0 Å². The van der Waals surface area contributed by atoms with E-state index in [1.807, 2.05) is 6.08 Å². The molecule has 3 N–H and O–H groups in total. The summed E-state index contributed by atoms with van der Waals surface area (Å²) in [6.07, 6.45) is 0.332. The van der Waals surface area contributed by atoms with Gasteiger partial charge in [-0.15, -0.1) is 6.58 Å². The summed E-state index contributed by atoms with van der Waals surface area (Å²) < 4.78 is 34.6. The Morgan fingerprint density at radius 1 is 0.741 bits per heavy atom. The molecule has 6 heteroatoms. The summed E-state index contributed by atoms with van der Waals surface area (Å²) in [6.45, 7) is 25.0. The first-order chi connectivity index (χ1) is 11.8. The molecule has 0 fully saturated rings. The summed E-state index contributed by atoms with van der Waals surface area (Å²) in [5.74, 6) is 0. The van der Waals surface area contributed by atoms with Gasteiger partial charge in [0, 0.05) is 23.2 Å². The van der Waals surface area contributed by atoms with E-state index < -0.39 is 18.3 Å². The van der Waals surface area contributed by atoms with Crippen LogP contribution in [0.5, 0.6) is 0 Å². The molecule has 0 aromatic heterocycles. The number of rotatable bonds is 6. The van der Waals surface area contributed by atoms with Crippen LogP contribution in [0.25, 0.3) is 0 Å². The second kappa shape index (κ2) is 14.4. The van der Waals surface area contributed by atoms with E-state index in [1.165, 1.54) is 12.8 Å². The van der Waals surface area contributed by atoms with Gasteiger partial charge in [0.25, 0.3) is 0 Å². The molecule has 0 rings (SSSR count). The third-order valence-electron chi connectivity index (χ3n) is 2.78. The van der Waals surface area contributed by atoms with Crippen molar-refractivity contribution in [1.29, 1.82) is 0 Å². The summed E-state index contributed by atoms with van der Waals surface area (Å²) in [7, 11) is 0. The second-order valence-electron chi connectivity index (χ2n) is 9.67. The lowest BCUT2D eigenvalue weighted by Crippen LogP contribution is -2.41. The Hall–Kier alpha value is -0.590. The standard InChI is InChI=1S/C8H19N.C7H15N.C6H12F3N/c1-5-6-7-9-8(2,3)4;1-5-6-8-7(2,3)4;1-5(2,3)10-4-6(7,8)9/h9H,5-7H2,1-4H3;5,8H,1,6H2,2-4H3;10H,4H2,1-3H3. The van der Waals surface area contributed by atoms with Crippen LogP contribution in [0.2, 0.25) is 0 Å². The molecular formula is C21H46F3N3. The molecule has 0 radical (unpaired) electrons. The van der Waals surface area contributed by atoms with Crippen molar-refractivity contribution in [3.8, 4) is 0 Å². The summed E-state index contributed by atoms with van der Waals surface area (Å²) in [5.41, 5.74) is 0.0683. The number of unbranched alkanes of at least 4 members (excludes halogenated alkanes) is 1. The third-order valence-corrected chi connectivity index (χ3v) is 2.78. The van der Waals surface area contributed by atoms with E-state index in [0.29, 0.717) is 5.54 Å². The van der Waals surface area contributed by atoms with Gasteiger partial charge < -0.3 is 16.0 Å². The number of halogens is 3. The topological polar surface area (TPSA) is 36.1 Å². The fraction of sp³-hybridized carbons (Fsp3) is 0.905. The number of hydrogen-bond acceptors (Lipinski definition) is 3.